The van der Waals surface area contributed by atoms with Gasteiger partial charge in [-0.05, 0) is 36.8 Å². The van der Waals surface area contributed by atoms with Crippen LogP contribution in [0.15, 0.2) is 36.4 Å². The van der Waals surface area contributed by atoms with E-state index in [-0.39, 0.29) is 18.7 Å². The van der Waals surface area contributed by atoms with Crippen molar-refractivity contribution in [2.24, 2.45) is 0 Å². The van der Waals surface area contributed by atoms with E-state index in [1.54, 1.807) is 24.3 Å². The highest BCUT2D eigenvalue weighted by atomic mass is 16.5. The van der Waals surface area contributed by atoms with Gasteiger partial charge in [0.25, 0.3) is 0 Å². The number of methoxy groups -OCH3 is 3. The lowest BCUT2D eigenvalue weighted by Crippen LogP contribution is -2.18. The Morgan fingerprint density at radius 3 is 2.00 bits per heavy atom. The van der Waals surface area contributed by atoms with Gasteiger partial charge in [0.1, 0.15) is 0 Å². The lowest BCUT2D eigenvalue weighted by molar-refractivity contribution is -0.137. The predicted octanol–water partition coefficient (Wildman–Crippen LogP) is 3.61. The van der Waals surface area contributed by atoms with Crippen LogP contribution in [-0.2, 0) is 9.59 Å². The minimum atomic E-state index is -0.998. The molecule has 0 heterocycles. The van der Waals surface area contributed by atoms with Crippen LogP contribution in [0.25, 0.3) is 0 Å². The van der Waals surface area contributed by atoms with Gasteiger partial charge in [-0.15, -0.1) is 0 Å². The van der Waals surface area contributed by atoms with E-state index in [4.69, 9.17) is 14.2 Å². The molecule has 0 spiro atoms. The first kappa shape index (κ1) is 21.1. The zero-order valence-corrected chi connectivity index (χ0v) is 16.4. The first-order chi connectivity index (χ1) is 13.4. The molecule has 7 nitrogen and oxygen atoms in total. The van der Waals surface area contributed by atoms with E-state index >= 15 is 0 Å². The Hall–Kier alpha value is -3.22. The smallest absolute Gasteiger partial charge is 0.303 e. The molecule has 0 aliphatic heterocycles. The van der Waals surface area contributed by atoms with E-state index < -0.39 is 11.9 Å². The molecule has 2 aromatic rings. The Bertz CT molecular complexity index is 806. The van der Waals surface area contributed by atoms with Gasteiger partial charge in [-0.1, -0.05) is 17.7 Å². The van der Waals surface area contributed by atoms with Crippen molar-refractivity contribution in [3.8, 4) is 17.2 Å². The van der Waals surface area contributed by atoms with Crippen LogP contribution in [0.1, 0.15) is 29.9 Å². The maximum atomic E-state index is 12.5. The number of ether oxygens (including phenoxy) is 3. The number of aliphatic carboxylic acids is 1. The summed E-state index contributed by atoms with van der Waals surface area (Å²) in [6, 6.07) is 10.7. The zero-order chi connectivity index (χ0) is 20.7. The topological polar surface area (TPSA) is 94.1 Å². The highest BCUT2D eigenvalue weighted by Gasteiger charge is 2.23. The van der Waals surface area contributed by atoms with Gasteiger partial charge in [0.05, 0.1) is 27.8 Å². The Morgan fingerprint density at radius 1 is 0.964 bits per heavy atom. The molecule has 0 saturated carbocycles. The molecule has 0 aliphatic carbocycles. The first-order valence-electron chi connectivity index (χ1n) is 8.76. The van der Waals surface area contributed by atoms with Crippen LogP contribution in [0.3, 0.4) is 0 Å². The molecule has 0 fully saturated rings. The normalized spacial score (nSPS) is 11.4. The van der Waals surface area contributed by atoms with Gasteiger partial charge < -0.3 is 24.6 Å². The summed E-state index contributed by atoms with van der Waals surface area (Å²) in [6.45, 7) is 1.96. The lowest BCUT2D eigenvalue weighted by Gasteiger charge is -2.19. The number of benzene rings is 2. The average Bonchev–Trinajstić information content (AvgIpc) is 2.67. The average molecular weight is 387 g/mol. The van der Waals surface area contributed by atoms with Crippen molar-refractivity contribution in [2.45, 2.75) is 25.7 Å². The van der Waals surface area contributed by atoms with Gasteiger partial charge in [0.15, 0.2) is 11.5 Å². The van der Waals surface area contributed by atoms with E-state index in [9.17, 15) is 14.7 Å². The van der Waals surface area contributed by atoms with Crippen molar-refractivity contribution in [1.29, 1.82) is 0 Å². The second-order valence-corrected chi connectivity index (χ2v) is 6.37. The molecular formula is C21H25NO6. The molecule has 0 saturated heterocycles. The maximum Gasteiger partial charge on any atom is 0.303 e. The van der Waals surface area contributed by atoms with Gasteiger partial charge in [0, 0.05) is 18.0 Å². The van der Waals surface area contributed by atoms with Gasteiger partial charge in [-0.3, -0.25) is 9.59 Å². The van der Waals surface area contributed by atoms with E-state index in [2.05, 4.69) is 5.32 Å². The van der Waals surface area contributed by atoms with Crippen LogP contribution in [-0.4, -0.2) is 38.3 Å². The fourth-order valence-corrected chi connectivity index (χ4v) is 2.93. The van der Waals surface area contributed by atoms with Crippen molar-refractivity contribution >= 4 is 17.6 Å². The lowest BCUT2D eigenvalue weighted by atomic mass is 9.91. The number of nitrogens with one attached hydrogen (secondary N) is 1. The minimum absolute atomic E-state index is 0.00118. The minimum Gasteiger partial charge on any atom is -0.493 e. The van der Waals surface area contributed by atoms with Crippen molar-refractivity contribution in [3.05, 3.63) is 47.5 Å². The summed E-state index contributed by atoms with van der Waals surface area (Å²) < 4.78 is 16.0. The summed E-state index contributed by atoms with van der Waals surface area (Å²) in [5.74, 6) is -0.605. The molecule has 150 valence electrons. The third-order valence-corrected chi connectivity index (χ3v) is 4.35. The molecule has 1 amide bonds. The van der Waals surface area contributed by atoms with E-state index in [0.29, 0.717) is 28.5 Å². The summed E-state index contributed by atoms with van der Waals surface area (Å²) >= 11 is 0. The molecule has 0 aromatic heterocycles. The van der Waals surface area contributed by atoms with Crippen molar-refractivity contribution in [1.82, 2.24) is 0 Å². The van der Waals surface area contributed by atoms with Gasteiger partial charge >= 0.3 is 5.97 Å². The molecule has 7 heteroatoms. The molecule has 2 rings (SSSR count). The van der Waals surface area contributed by atoms with Gasteiger partial charge in [0.2, 0.25) is 11.7 Å². The molecule has 1 atom stereocenters. The predicted molar refractivity (Wildman–Crippen MR) is 106 cm³/mol. The Labute approximate surface area is 164 Å². The largest absolute Gasteiger partial charge is 0.493 e. The number of carboxylic acid groups (broad SMARTS) is 1. The summed E-state index contributed by atoms with van der Waals surface area (Å²) in [6.07, 6.45) is -0.210. The number of rotatable bonds is 9. The number of amides is 1. The summed E-state index contributed by atoms with van der Waals surface area (Å²) in [4.78, 5) is 23.9. The fraction of sp³-hybridized carbons (Fsp3) is 0.333. The standard InChI is InChI=1S/C21H25NO6/c1-13-5-7-16(8-6-13)22-19(23)11-15(12-20(24)25)14-9-17(26-2)21(28-4)18(10-14)27-3/h5-10,15H,11-12H2,1-4H3,(H,22,23)(H,24,25)/t15-/m0/s1. The SMILES string of the molecule is COc1cc([C@H](CC(=O)O)CC(=O)Nc2ccc(C)cc2)cc(OC)c1OC. The van der Waals surface area contributed by atoms with E-state index in [0.717, 1.165) is 5.56 Å². The monoisotopic (exact) mass is 387 g/mol. The highest BCUT2D eigenvalue weighted by molar-refractivity contribution is 5.91. The highest BCUT2D eigenvalue weighted by Crippen LogP contribution is 2.41. The van der Waals surface area contributed by atoms with Crippen molar-refractivity contribution in [3.63, 3.8) is 0 Å². The molecule has 0 unspecified atom stereocenters. The maximum absolute atomic E-state index is 12.5. The molecule has 28 heavy (non-hydrogen) atoms. The van der Waals surface area contributed by atoms with Crippen molar-refractivity contribution < 1.29 is 28.9 Å². The van der Waals surface area contributed by atoms with Gasteiger partial charge in [-0.25, -0.2) is 0 Å². The summed E-state index contributed by atoms with van der Waals surface area (Å²) in [5.41, 5.74) is 2.37. The zero-order valence-electron chi connectivity index (χ0n) is 16.4. The second-order valence-electron chi connectivity index (χ2n) is 6.37. The molecule has 2 N–H and O–H groups in total. The van der Waals surface area contributed by atoms with E-state index in [1.807, 2.05) is 19.1 Å². The third-order valence-electron chi connectivity index (χ3n) is 4.35. The second kappa shape index (κ2) is 9.64. The molecular weight excluding hydrogens is 362 g/mol. The molecule has 2 aromatic carbocycles. The Kier molecular flexibility index (Phi) is 7.26. The van der Waals surface area contributed by atoms with Crippen LogP contribution in [0.5, 0.6) is 17.2 Å². The van der Waals surface area contributed by atoms with E-state index in [1.165, 1.54) is 21.3 Å². The third kappa shape index (κ3) is 5.39. The quantitative estimate of drug-likeness (QED) is 0.683. The Morgan fingerprint density at radius 2 is 1.54 bits per heavy atom. The number of carbonyl (C=O) groups is 2. The van der Waals surface area contributed by atoms with Crippen LogP contribution < -0.4 is 19.5 Å². The first-order valence-corrected chi connectivity index (χ1v) is 8.76. The number of anilines is 1. The van der Waals surface area contributed by atoms with Crippen LogP contribution in [0.2, 0.25) is 0 Å². The number of hydrogen-bond acceptors (Lipinski definition) is 5. The molecule has 0 radical (unpaired) electrons. The van der Waals surface area contributed by atoms with Crippen LogP contribution >= 0.6 is 0 Å². The number of hydrogen-bond donors (Lipinski definition) is 2. The number of carboxylic acids is 1. The summed E-state index contributed by atoms with van der Waals surface area (Å²) in [7, 11) is 4.46. The molecule has 0 aliphatic rings. The Balaban J connectivity index is 2.28. The van der Waals surface area contributed by atoms with Crippen LogP contribution in [0, 0.1) is 6.92 Å². The number of carbonyl (C=O) groups excluding carboxylic acids is 1. The van der Waals surface area contributed by atoms with Crippen molar-refractivity contribution in [2.75, 3.05) is 26.6 Å². The van der Waals surface area contributed by atoms with Gasteiger partial charge in [-0.2, -0.15) is 0 Å². The fourth-order valence-electron chi connectivity index (χ4n) is 2.93. The number of aryl methyl sites for hydroxylation is 1. The summed E-state index contributed by atoms with van der Waals surface area (Å²) in [5, 5.41) is 12.1. The van der Waals surface area contributed by atoms with Crippen LogP contribution in [0.4, 0.5) is 5.69 Å². The molecule has 0 bridgehead atoms.